The van der Waals surface area contributed by atoms with E-state index in [0.29, 0.717) is 0 Å². The molecule has 0 aliphatic carbocycles. The summed E-state index contributed by atoms with van der Waals surface area (Å²) in [5.74, 6) is 0.898. The molecule has 5 heavy (non-hydrogen) atoms. The summed E-state index contributed by atoms with van der Waals surface area (Å²) in [6, 6.07) is 0. The van der Waals surface area contributed by atoms with Crippen molar-refractivity contribution in [3.8, 4) is 0 Å². The van der Waals surface area contributed by atoms with Crippen molar-refractivity contribution in [2.75, 3.05) is 13.1 Å². The standard InChI is InChI=1S/C4H8N/c1-4-2-5-3-4/h4H,2-3H2,1H3. The first-order valence-electron chi connectivity index (χ1n) is 2.03. The summed E-state index contributed by atoms with van der Waals surface area (Å²) in [7, 11) is 0. The minimum absolute atomic E-state index is 0.898. The van der Waals surface area contributed by atoms with E-state index in [-0.39, 0.29) is 0 Å². The topological polar surface area (TPSA) is 14.1 Å². The highest BCUT2D eigenvalue weighted by Crippen LogP contribution is 1.99. The highest BCUT2D eigenvalue weighted by molar-refractivity contribution is 4.67. The van der Waals surface area contributed by atoms with Crippen LogP contribution in [0.3, 0.4) is 0 Å². The quantitative estimate of drug-likeness (QED) is 0.387. The third-order valence-corrected chi connectivity index (χ3v) is 0.882. The summed E-state index contributed by atoms with van der Waals surface area (Å²) in [5, 5.41) is 4.00. The molecule has 0 aromatic rings. The van der Waals surface area contributed by atoms with E-state index < -0.39 is 0 Å². The van der Waals surface area contributed by atoms with Crippen LogP contribution in [0.5, 0.6) is 0 Å². The SMILES string of the molecule is CC1C[N]C1. The van der Waals surface area contributed by atoms with Gasteiger partial charge in [0.2, 0.25) is 0 Å². The molecule has 1 heteroatoms. The summed E-state index contributed by atoms with van der Waals surface area (Å²) in [4.78, 5) is 0. The van der Waals surface area contributed by atoms with E-state index in [1.165, 1.54) is 0 Å². The number of nitrogens with zero attached hydrogens (tertiary/aromatic N) is 1. The fourth-order valence-electron chi connectivity index (χ4n) is 0.387. The molecule has 0 amide bonds. The predicted octanol–water partition coefficient (Wildman–Crippen LogP) is 0.240. The average molecular weight is 70.1 g/mol. The van der Waals surface area contributed by atoms with Gasteiger partial charge in [-0.3, -0.25) is 0 Å². The molecule has 0 aromatic carbocycles. The first-order valence-corrected chi connectivity index (χ1v) is 2.03. The monoisotopic (exact) mass is 70.1 g/mol. The van der Waals surface area contributed by atoms with E-state index >= 15 is 0 Å². The molecule has 1 aliphatic heterocycles. The Bertz CT molecular complexity index is 30.6. The third kappa shape index (κ3) is 0.428. The van der Waals surface area contributed by atoms with Crippen molar-refractivity contribution in [1.82, 2.24) is 5.32 Å². The predicted molar refractivity (Wildman–Crippen MR) is 21.0 cm³/mol. The first kappa shape index (κ1) is 3.16. The van der Waals surface area contributed by atoms with Crippen molar-refractivity contribution in [3.63, 3.8) is 0 Å². The fraction of sp³-hybridized carbons (Fsp3) is 1.00. The van der Waals surface area contributed by atoms with Crippen molar-refractivity contribution in [2.24, 2.45) is 5.92 Å². The molecule has 1 radical (unpaired) electrons. The van der Waals surface area contributed by atoms with Crippen molar-refractivity contribution in [3.05, 3.63) is 0 Å². The summed E-state index contributed by atoms with van der Waals surface area (Å²) in [6.45, 7) is 4.44. The normalized spacial score (nSPS) is 25.8. The molecule has 0 atom stereocenters. The molecular weight excluding hydrogens is 62.1 g/mol. The molecule has 1 nitrogen and oxygen atoms in total. The van der Waals surface area contributed by atoms with Crippen molar-refractivity contribution >= 4 is 0 Å². The second-order valence-corrected chi connectivity index (χ2v) is 1.69. The number of rotatable bonds is 0. The molecule has 1 saturated heterocycles. The van der Waals surface area contributed by atoms with Crippen LogP contribution in [0.2, 0.25) is 0 Å². The van der Waals surface area contributed by atoms with Crippen LogP contribution in [0.15, 0.2) is 0 Å². The largest absolute Gasteiger partial charge is 0.241 e. The van der Waals surface area contributed by atoms with E-state index in [9.17, 15) is 0 Å². The van der Waals surface area contributed by atoms with E-state index in [1.54, 1.807) is 0 Å². The Morgan fingerprint density at radius 1 is 1.60 bits per heavy atom. The zero-order valence-corrected chi connectivity index (χ0v) is 3.44. The summed E-state index contributed by atoms with van der Waals surface area (Å²) in [6.07, 6.45) is 0. The van der Waals surface area contributed by atoms with Gasteiger partial charge in [-0.1, -0.05) is 6.92 Å². The molecule has 1 heterocycles. The molecule has 1 fully saturated rings. The molecule has 0 saturated carbocycles. The van der Waals surface area contributed by atoms with Gasteiger partial charge < -0.3 is 0 Å². The highest BCUT2D eigenvalue weighted by atomic mass is 14.9. The molecule has 0 bridgehead atoms. The number of hydrogen-bond acceptors (Lipinski definition) is 0. The van der Waals surface area contributed by atoms with Gasteiger partial charge in [0.1, 0.15) is 0 Å². The lowest BCUT2D eigenvalue weighted by Gasteiger charge is -2.19. The van der Waals surface area contributed by atoms with Crippen LogP contribution in [0, 0.1) is 5.92 Å². The van der Waals surface area contributed by atoms with Gasteiger partial charge in [-0.15, -0.1) is 0 Å². The van der Waals surface area contributed by atoms with Crippen LogP contribution in [-0.4, -0.2) is 13.1 Å². The van der Waals surface area contributed by atoms with E-state index in [1.807, 2.05) is 0 Å². The van der Waals surface area contributed by atoms with Gasteiger partial charge in [0.15, 0.2) is 0 Å². The Morgan fingerprint density at radius 2 is 2.00 bits per heavy atom. The van der Waals surface area contributed by atoms with Gasteiger partial charge in [-0.2, -0.15) is 0 Å². The van der Waals surface area contributed by atoms with Crippen molar-refractivity contribution in [2.45, 2.75) is 6.92 Å². The lowest BCUT2D eigenvalue weighted by molar-refractivity contribution is 0.369. The number of hydrogen-bond donors (Lipinski definition) is 0. The minimum atomic E-state index is 0.898. The third-order valence-electron chi connectivity index (χ3n) is 0.882. The summed E-state index contributed by atoms with van der Waals surface area (Å²) >= 11 is 0. The van der Waals surface area contributed by atoms with Crippen molar-refractivity contribution in [1.29, 1.82) is 0 Å². The maximum atomic E-state index is 4.00. The molecular formula is C4H8N. The second-order valence-electron chi connectivity index (χ2n) is 1.69. The van der Waals surface area contributed by atoms with E-state index in [2.05, 4.69) is 12.2 Å². The maximum absolute atomic E-state index is 4.00. The van der Waals surface area contributed by atoms with Gasteiger partial charge in [-0.05, 0) is 5.92 Å². The lowest BCUT2D eigenvalue weighted by Crippen LogP contribution is -2.33. The molecule has 0 spiro atoms. The zero-order chi connectivity index (χ0) is 3.70. The maximum Gasteiger partial charge on any atom is 0.0171 e. The van der Waals surface area contributed by atoms with E-state index in [0.717, 1.165) is 19.0 Å². The Hall–Kier alpha value is -0.0400. The highest BCUT2D eigenvalue weighted by Gasteiger charge is 2.09. The van der Waals surface area contributed by atoms with Gasteiger partial charge in [0.25, 0.3) is 0 Å². The smallest absolute Gasteiger partial charge is 0.0171 e. The molecule has 1 rings (SSSR count). The van der Waals surface area contributed by atoms with Crippen LogP contribution in [0.25, 0.3) is 0 Å². The molecule has 29 valence electrons. The lowest BCUT2D eigenvalue weighted by atomic mass is 10.1. The van der Waals surface area contributed by atoms with Crippen LogP contribution in [-0.2, 0) is 0 Å². The van der Waals surface area contributed by atoms with E-state index in [4.69, 9.17) is 0 Å². The minimum Gasteiger partial charge on any atom is -0.241 e. The van der Waals surface area contributed by atoms with Gasteiger partial charge in [0.05, 0.1) is 0 Å². The Labute approximate surface area is 32.4 Å². The fourth-order valence-corrected chi connectivity index (χ4v) is 0.387. The van der Waals surface area contributed by atoms with Crippen LogP contribution < -0.4 is 5.32 Å². The Balaban J connectivity index is 2.08. The van der Waals surface area contributed by atoms with Crippen molar-refractivity contribution < 1.29 is 0 Å². The second kappa shape index (κ2) is 0.977. The van der Waals surface area contributed by atoms with Crippen LogP contribution in [0.4, 0.5) is 0 Å². The van der Waals surface area contributed by atoms with Crippen LogP contribution in [0.1, 0.15) is 6.92 Å². The summed E-state index contributed by atoms with van der Waals surface area (Å²) in [5.41, 5.74) is 0. The molecule has 0 unspecified atom stereocenters. The molecule has 1 aliphatic rings. The zero-order valence-electron chi connectivity index (χ0n) is 3.44. The molecule has 0 aromatic heterocycles. The molecule has 0 N–H and O–H groups in total. The first-order chi connectivity index (χ1) is 2.39. The van der Waals surface area contributed by atoms with Gasteiger partial charge in [0, 0.05) is 13.1 Å². The average Bonchev–Trinajstić information content (AvgIpc) is 1.30. The van der Waals surface area contributed by atoms with Gasteiger partial charge in [-0.25, -0.2) is 5.32 Å². The summed E-state index contributed by atoms with van der Waals surface area (Å²) < 4.78 is 0. The van der Waals surface area contributed by atoms with Crippen LogP contribution >= 0.6 is 0 Å². The Morgan fingerprint density at radius 3 is 2.00 bits per heavy atom. The Kier molecular flexibility index (Phi) is 0.618. The van der Waals surface area contributed by atoms with Gasteiger partial charge >= 0.3 is 0 Å².